The molecule has 1 unspecified atom stereocenters. The van der Waals surface area contributed by atoms with E-state index in [1.54, 1.807) is 6.92 Å². The maximum atomic E-state index is 12.9. The normalized spacial score (nSPS) is 12.3. The monoisotopic (exact) mass is 230 g/mol. The molecule has 0 saturated heterocycles. The summed E-state index contributed by atoms with van der Waals surface area (Å²) in [6.45, 7) is 5.12. The summed E-state index contributed by atoms with van der Waals surface area (Å²) in [6, 6.07) is 3.96. The van der Waals surface area contributed by atoms with Gasteiger partial charge in [0.25, 0.3) is 0 Å². The van der Waals surface area contributed by atoms with Gasteiger partial charge < -0.3 is 9.84 Å². The highest BCUT2D eigenvalue weighted by Crippen LogP contribution is 2.26. The molecule has 0 saturated carbocycles. The van der Waals surface area contributed by atoms with Crippen LogP contribution in [0.2, 0.25) is 0 Å². The van der Waals surface area contributed by atoms with Gasteiger partial charge in [-0.2, -0.15) is 0 Å². The molecule has 1 aromatic carbocycles. The molecule has 0 spiro atoms. The minimum Gasteiger partial charge on any atom is -0.488 e. The summed E-state index contributed by atoms with van der Waals surface area (Å²) >= 11 is 5.52. The fourth-order valence-corrected chi connectivity index (χ4v) is 1.19. The lowest BCUT2D eigenvalue weighted by molar-refractivity contribution is 0.192. The Morgan fingerprint density at radius 1 is 1.67 bits per heavy atom. The van der Waals surface area contributed by atoms with Crippen LogP contribution in [0.3, 0.4) is 0 Å². The summed E-state index contributed by atoms with van der Waals surface area (Å²) in [4.78, 5) is 0. The molecule has 1 rings (SSSR count). The van der Waals surface area contributed by atoms with Crippen LogP contribution in [0.25, 0.3) is 0 Å². The van der Waals surface area contributed by atoms with E-state index < -0.39 is 11.9 Å². The van der Waals surface area contributed by atoms with E-state index in [4.69, 9.17) is 16.3 Å². The number of benzene rings is 1. The topological polar surface area (TPSA) is 29.5 Å². The largest absolute Gasteiger partial charge is 0.488 e. The maximum Gasteiger partial charge on any atom is 0.128 e. The molecular weight excluding hydrogens is 219 g/mol. The first-order chi connectivity index (χ1) is 7.00. The highest BCUT2D eigenvalue weighted by molar-refractivity contribution is 6.29. The number of aliphatic hydroxyl groups is 1. The van der Waals surface area contributed by atoms with Crippen LogP contribution < -0.4 is 4.74 Å². The molecule has 0 heterocycles. The predicted molar refractivity (Wildman–Crippen MR) is 57.5 cm³/mol. The van der Waals surface area contributed by atoms with Crippen LogP contribution in [0.4, 0.5) is 4.39 Å². The number of hydrogen-bond acceptors (Lipinski definition) is 2. The smallest absolute Gasteiger partial charge is 0.128 e. The lowest BCUT2D eigenvalue weighted by Gasteiger charge is -2.12. The van der Waals surface area contributed by atoms with Crippen LogP contribution in [0.5, 0.6) is 5.75 Å². The molecule has 15 heavy (non-hydrogen) atoms. The Balaban J connectivity index is 2.91. The number of aliphatic hydroxyl groups excluding tert-OH is 1. The third-order valence-electron chi connectivity index (χ3n) is 1.81. The molecule has 1 aromatic rings. The summed E-state index contributed by atoms with van der Waals surface area (Å²) in [5, 5.41) is 9.72. The molecular formula is C11H12ClFO2. The molecule has 0 aliphatic carbocycles. The number of ether oxygens (including phenoxy) is 1. The fourth-order valence-electron chi connectivity index (χ4n) is 1.13. The maximum absolute atomic E-state index is 12.9. The van der Waals surface area contributed by atoms with Crippen LogP contribution in [-0.2, 0) is 0 Å². The zero-order valence-electron chi connectivity index (χ0n) is 8.34. The van der Waals surface area contributed by atoms with Crippen molar-refractivity contribution in [1.82, 2.24) is 0 Å². The van der Waals surface area contributed by atoms with Gasteiger partial charge in [0.05, 0.1) is 6.10 Å². The molecule has 1 N–H and O–H groups in total. The highest BCUT2D eigenvalue weighted by atomic mass is 35.5. The van der Waals surface area contributed by atoms with Gasteiger partial charge in [-0.05, 0) is 19.1 Å². The van der Waals surface area contributed by atoms with Crippen molar-refractivity contribution in [2.24, 2.45) is 0 Å². The Morgan fingerprint density at radius 2 is 2.33 bits per heavy atom. The van der Waals surface area contributed by atoms with Crippen molar-refractivity contribution in [2.45, 2.75) is 13.0 Å². The summed E-state index contributed by atoms with van der Waals surface area (Å²) in [5.41, 5.74) is 0.523. The Labute approximate surface area is 92.9 Å². The van der Waals surface area contributed by atoms with E-state index in [0.29, 0.717) is 10.6 Å². The standard InChI is InChI=1S/C11H12ClFO2/c1-7(12)6-15-11-5-9(13)3-4-10(11)8(2)14/h3-5,8,14H,1,6H2,2H3. The molecule has 0 aromatic heterocycles. The quantitative estimate of drug-likeness (QED) is 0.862. The van der Waals surface area contributed by atoms with E-state index in [-0.39, 0.29) is 12.4 Å². The zero-order valence-corrected chi connectivity index (χ0v) is 9.09. The first kappa shape index (κ1) is 12.0. The zero-order chi connectivity index (χ0) is 11.4. The van der Waals surface area contributed by atoms with Crippen molar-refractivity contribution >= 4 is 11.6 Å². The van der Waals surface area contributed by atoms with E-state index >= 15 is 0 Å². The van der Waals surface area contributed by atoms with Gasteiger partial charge in [-0.25, -0.2) is 4.39 Å². The van der Waals surface area contributed by atoms with Gasteiger partial charge in [0.1, 0.15) is 18.2 Å². The molecule has 1 atom stereocenters. The molecule has 0 radical (unpaired) electrons. The fraction of sp³-hybridized carbons (Fsp3) is 0.273. The van der Waals surface area contributed by atoms with E-state index in [9.17, 15) is 9.50 Å². The Kier molecular flexibility index (Phi) is 4.12. The molecule has 0 bridgehead atoms. The van der Waals surface area contributed by atoms with Crippen LogP contribution in [-0.4, -0.2) is 11.7 Å². The lowest BCUT2D eigenvalue weighted by atomic mass is 10.1. The van der Waals surface area contributed by atoms with E-state index in [1.807, 2.05) is 0 Å². The third-order valence-corrected chi connectivity index (χ3v) is 1.92. The highest BCUT2D eigenvalue weighted by Gasteiger charge is 2.10. The molecule has 82 valence electrons. The summed E-state index contributed by atoms with van der Waals surface area (Å²) in [7, 11) is 0. The van der Waals surface area contributed by atoms with Gasteiger partial charge in [-0.3, -0.25) is 0 Å². The van der Waals surface area contributed by atoms with Gasteiger partial charge in [0, 0.05) is 16.7 Å². The first-order valence-corrected chi connectivity index (χ1v) is 4.82. The second-order valence-electron chi connectivity index (χ2n) is 3.16. The molecule has 0 aliphatic heterocycles. The number of rotatable bonds is 4. The van der Waals surface area contributed by atoms with Crippen LogP contribution in [0.1, 0.15) is 18.6 Å². The average Bonchev–Trinajstić information content (AvgIpc) is 2.14. The minimum absolute atomic E-state index is 0.0880. The number of halogens is 2. The Bertz CT molecular complexity index is 364. The van der Waals surface area contributed by atoms with Crippen molar-refractivity contribution in [1.29, 1.82) is 0 Å². The first-order valence-electron chi connectivity index (χ1n) is 4.44. The molecule has 2 nitrogen and oxygen atoms in total. The second kappa shape index (κ2) is 5.14. The van der Waals surface area contributed by atoms with E-state index in [2.05, 4.69) is 6.58 Å². The van der Waals surface area contributed by atoms with Gasteiger partial charge in [0.15, 0.2) is 0 Å². The Morgan fingerprint density at radius 3 is 2.87 bits per heavy atom. The SMILES string of the molecule is C=C(Cl)COc1cc(F)ccc1C(C)O. The molecule has 0 fully saturated rings. The van der Waals surface area contributed by atoms with Gasteiger partial charge >= 0.3 is 0 Å². The van der Waals surface area contributed by atoms with Gasteiger partial charge in [-0.15, -0.1) is 0 Å². The third kappa shape index (κ3) is 3.53. The van der Waals surface area contributed by atoms with Crippen molar-refractivity contribution < 1.29 is 14.2 Å². The van der Waals surface area contributed by atoms with Crippen LogP contribution >= 0.6 is 11.6 Å². The van der Waals surface area contributed by atoms with Crippen LogP contribution in [0.15, 0.2) is 29.8 Å². The van der Waals surface area contributed by atoms with E-state index in [1.165, 1.54) is 18.2 Å². The van der Waals surface area contributed by atoms with E-state index in [0.717, 1.165) is 0 Å². The predicted octanol–water partition coefficient (Wildman–Crippen LogP) is 3.01. The molecule has 4 heteroatoms. The Hall–Kier alpha value is -1.06. The van der Waals surface area contributed by atoms with Gasteiger partial charge in [-0.1, -0.05) is 18.2 Å². The summed E-state index contributed by atoms with van der Waals surface area (Å²) in [6.07, 6.45) is -0.718. The van der Waals surface area contributed by atoms with Crippen molar-refractivity contribution in [2.75, 3.05) is 6.61 Å². The van der Waals surface area contributed by atoms with Crippen molar-refractivity contribution in [3.8, 4) is 5.75 Å². The summed E-state index contributed by atoms with van der Waals surface area (Å²) < 4.78 is 18.1. The summed E-state index contributed by atoms with van der Waals surface area (Å²) in [5.74, 6) is -0.138. The van der Waals surface area contributed by atoms with Crippen LogP contribution in [0, 0.1) is 5.82 Å². The molecule has 0 aliphatic rings. The van der Waals surface area contributed by atoms with Crippen molar-refractivity contribution in [3.05, 3.63) is 41.2 Å². The second-order valence-corrected chi connectivity index (χ2v) is 3.70. The molecule has 0 amide bonds. The lowest BCUT2D eigenvalue weighted by Crippen LogP contribution is -2.02. The van der Waals surface area contributed by atoms with Gasteiger partial charge in [0.2, 0.25) is 0 Å². The average molecular weight is 231 g/mol. The van der Waals surface area contributed by atoms with Crippen molar-refractivity contribution in [3.63, 3.8) is 0 Å². The minimum atomic E-state index is -0.718. The number of hydrogen-bond donors (Lipinski definition) is 1.